The third-order valence-electron chi connectivity index (χ3n) is 3.46. The standard InChI is InChI=1S/C11H23N3O/c1-8(9-4-5-9)14(3)7-6-10(13-2)11(12)15/h8-10,13H,4-7H2,1-3H3,(H2,12,15). The summed E-state index contributed by atoms with van der Waals surface area (Å²) in [5.74, 6) is 0.613. The van der Waals surface area contributed by atoms with Crippen LogP contribution in [0.2, 0.25) is 0 Å². The molecule has 4 nitrogen and oxygen atoms in total. The average Bonchev–Trinajstić information content (AvgIpc) is 3.00. The van der Waals surface area contributed by atoms with E-state index < -0.39 is 0 Å². The van der Waals surface area contributed by atoms with Crippen LogP contribution in [-0.4, -0.2) is 43.5 Å². The van der Waals surface area contributed by atoms with E-state index in [1.807, 2.05) is 0 Å². The molecule has 0 aromatic rings. The van der Waals surface area contributed by atoms with Gasteiger partial charge < -0.3 is 16.0 Å². The van der Waals surface area contributed by atoms with Crippen molar-refractivity contribution in [2.75, 3.05) is 20.6 Å². The number of carbonyl (C=O) groups excluding carboxylic acids is 1. The van der Waals surface area contributed by atoms with E-state index in [0.717, 1.165) is 18.9 Å². The molecule has 1 rings (SSSR count). The summed E-state index contributed by atoms with van der Waals surface area (Å²) >= 11 is 0. The van der Waals surface area contributed by atoms with Crippen molar-refractivity contribution >= 4 is 5.91 Å². The minimum absolute atomic E-state index is 0.196. The van der Waals surface area contributed by atoms with Gasteiger partial charge in [0.25, 0.3) is 0 Å². The number of nitrogens with one attached hydrogen (secondary N) is 1. The zero-order chi connectivity index (χ0) is 11.4. The molecule has 1 amide bonds. The molecule has 2 unspecified atom stereocenters. The van der Waals surface area contributed by atoms with Crippen molar-refractivity contribution in [3.8, 4) is 0 Å². The van der Waals surface area contributed by atoms with Gasteiger partial charge in [0, 0.05) is 12.6 Å². The maximum atomic E-state index is 11.0. The third-order valence-corrected chi connectivity index (χ3v) is 3.46. The van der Waals surface area contributed by atoms with Gasteiger partial charge in [-0.1, -0.05) is 0 Å². The zero-order valence-electron chi connectivity index (χ0n) is 9.99. The van der Waals surface area contributed by atoms with Gasteiger partial charge in [0.2, 0.25) is 5.91 Å². The van der Waals surface area contributed by atoms with Crippen LogP contribution in [0.25, 0.3) is 0 Å². The van der Waals surface area contributed by atoms with Crippen LogP contribution < -0.4 is 11.1 Å². The second-order valence-corrected chi connectivity index (χ2v) is 4.59. The first-order chi connectivity index (χ1) is 7.06. The maximum Gasteiger partial charge on any atom is 0.234 e. The van der Waals surface area contributed by atoms with Gasteiger partial charge in [-0.05, 0) is 46.2 Å². The Morgan fingerprint density at radius 2 is 2.20 bits per heavy atom. The van der Waals surface area contributed by atoms with E-state index in [1.165, 1.54) is 12.8 Å². The number of rotatable bonds is 7. The van der Waals surface area contributed by atoms with Crippen LogP contribution in [0, 0.1) is 5.92 Å². The SMILES string of the molecule is CNC(CCN(C)C(C)C1CC1)C(N)=O. The van der Waals surface area contributed by atoms with Crippen molar-refractivity contribution in [3.63, 3.8) is 0 Å². The number of carbonyl (C=O) groups is 1. The summed E-state index contributed by atoms with van der Waals surface area (Å²) in [5, 5.41) is 2.94. The average molecular weight is 213 g/mol. The quantitative estimate of drug-likeness (QED) is 0.634. The normalized spacial score (nSPS) is 20.3. The molecule has 0 heterocycles. The molecule has 0 aliphatic heterocycles. The summed E-state index contributed by atoms with van der Waals surface area (Å²) in [5.41, 5.74) is 5.26. The van der Waals surface area contributed by atoms with Crippen molar-refractivity contribution in [2.24, 2.45) is 11.7 Å². The summed E-state index contributed by atoms with van der Waals surface area (Å²) in [4.78, 5) is 13.3. The van der Waals surface area contributed by atoms with Gasteiger partial charge in [0.15, 0.2) is 0 Å². The highest BCUT2D eigenvalue weighted by Crippen LogP contribution is 2.34. The summed E-state index contributed by atoms with van der Waals surface area (Å²) in [6, 6.07) is 0.439. The molecule has 88 valence electrons. The van der Waals surface area contributed by atoms with Gasteiger partial charge >= 0.3 is 0 Å². The van der Waals surface area contributed by atoms with E-state index in [9.17, 15) is 4.79 Å². The topological polar surface area (TPSA) is 58.4 Å². The number of nitrogens with zero attached hydrogens (tertiary/aromatic N) is 1. The number of likely N-dealkylation sites (N-methyl/N-ethyl adjacent to an activating group) is 1. The first-order valence-corrected chi connectivity index (χ1v) is 5.73. The number of hydrogen-bond donors (Lipinski definition) is 2. The molecule has 3 N–H and O–H groups in total. The van der Waals surface area contributed by atoms with Crippen molar-refractivity contribution in [1.29, 1.82) is 0 Å². The van der Waals surface area contributed by atoms with Gasteiger partial charge in [-0.15, -0.1) is 0 Å². The summed E-state index contributed by atoms with van der Waals surface area (Å²) in [6.45, 7) is 3.18. The Hall–Kier alpha value is -0.610. The van der Waals surface area contributed by atoms with Crippen LogP contribution in [-0.2, 0) is 4.79 Å². The van der Waals surface area contributed by atoms with E-state index in [-0.39, 0.29) is 11.9 Å². The lowest BCUT2D eigenvalue weighted by atomic mass is 10.1. The number of hydrogen-bond acceptors (Lipinski definition) is 3. The lowest BCUT2D eigenvalue weighted by molar-refractivity contribution is -0.120. The number of amides is 1. The molecule has 0 spiro atoms. The fourth-order valence-electron chi connectivity index (χ4n) is 1.90. The highest BCUT2D eigenvalue weighted by atomic mass is 16.1. The first-order valence-electron chi connectivity index (χ1n) is 5.73. The third kappa shape index (κ3) is 3.80. The van der Waals surface area contributed by atoms with Crippen LogP contribution in [0.1, 0.15) is 26.2 Å². The van der Waals surface area contributed by atoms with Crippen LogP contribution in [0.3, 0.4) is 0 Å². The Morgan fingerprint density at radius 3 is 2.60 bits per heavy atom. The van der Waals surface area contributed by atoms with E-state index in [1.54, 1.807) is 7.05 Å². The van der Waals surface area contributed by atoms with E-state index in [2.05, 4.69) is 24.2 Å². The van der Waals surface area contributed by atoms with E-state index in [0.29, 0.717) is 6.04 Å². The molecule has 1 saturated carbocycles. The molecule has 2 atom stereocenters. The van der Waals surface area contributed by atoms with Crippen molar-refractivity contribution in [3.05, 3.63) is 0 Å². The second kappa shape index (κ2) is 5.47. The molecule has 0 aromatic heterocycles. The maximum absolute atomic E-state index is 11.0. The Morgan fingerprint density at radius 1 is 1.60 bits per heavy atom. The largest absolute Gasteiger partial charge is 0.368 e. The highest BCUT2D eigenvalue weighted by Gasteiger charge is 2.30. The summed E-state index contributed by atoms with van der Waals surface area (Å²) < 4.78 is 0. The fourth-order valence-corrected chi connectivity index (χ4v) is 1.90. The predicted octanol–water partition coefficient (Wildman–Crippen LogP) is 0.180. The summed E-state index contributed by atoms with van der Waals surface area (Å²) in [6.07, 6.45) is 3.51. The number of primary amides is 1. The number of nitrogens with two attached hydrogens (primary N) is 1. The first kappa shape index (κ1) is 12.5. The van der Waals surface area contributed by atoms with Gasteiger partial charge in [0.05, 0.1) is 6.04 Å². The lowest BCUT2D eigenvalue weighted by Crippen LogP contribution is -2.42. The van der Waals surface area contributed by atoms with E-state index in [4.69, 9.17) is 5.73 Å². The lowest BCUT2D eigenvalue weighted by Gasteiger charge is -2.25. The summed E-state index contributed by atoms with van der Waals surface area (Å²) in [7, 11) is 3.90. The molecular formula is C11H23N3O. The molecule has 0 saturated heterocycles. The molecule has 1 aliphatic carbocycles. The van der Waals surface area contributed by atoms with Crippen molar-refractivity contribution in [1.82, 2.24) is 10.2 Å². The molecule has 4 heteroatoms. The Kier molecular flexibility index (Phi) is 4.54. The Labute approximate surface area is 92.2 Å². The molecule has 0 aromatic carbocycles. The zero-order valence-corrected chi connectivity index (χ0v) is 9.99. The fraction of sp³-hybridized carbons (Fsp3) is 0.909. The van der Waals surface area contributed by atoms with Crippen molar-refractivity contribution in [2.45, 2.75) is 38.3 Å². The van der Waals surface area contributed by atoms with Gasteiger partial charge in [0.1, 0.15) is 0 Å². The van der Waals surface area contributed by atoms with Crippen molar-refractivity contribution < 1.29 is 4.79 Å². The molecule has 0 radical (unpaired) electrons. The molecule has 15 heavy (non-hydrogen) atoms. The second-order valence-electron chi connectivity index (χ2n) is 4.59. The smallest absolute Gasteiger partial charge is 0.234 e. The van der Waals surface area contributed by atoms with Gasteiger partial charge in [-0.2, -0.15) is 0 Å². The predicted molar refractivity (Wildman–Crippen MR) is 61.5 cm³/mol. The van der Waals surface area contributed by atoms with Crippen LogP contribution in [0.4, 0.5) is 0 Å². The Balaban J connectivity index is 2.24. The van der Waals surface area contributed by atoms with Crippen LogP contribution in [0.5, 0.6) is 0 Å². The highest BCUT2D eigenvalue weighted by molar-refractivity contribution is 5.79. The van der Waals surface area contributed by atoms with Crippen LogP contribution in [0.15, 0.2) is 0 Å². The van der Waals surface area contributed by atoms with Gasteiger partial charge in [-0.3, -0.25) is 4.79 Å². The molecule has 0 bridgehead atoms. The molecule has 1 aliphatic rings. The molecular weight excluding hydrogens is 190 g/mol. The van der Waals surface area contributed by atoms with E-state index >= 15 is 0 Å². The van der Waals surface area contributed by atoms with Gasteiger partial charge in [-0.25, -0.2) is 0 Å². The Bertz CT molecular complexity index is 216. The minimum atomic E-state index is -0.259. The molecule has 1 fully saturated rings. The minimum Gasteiger partial charge on any atom is -0.368 e. The monoisotopic (exact) mass is 213 g/mol. The van der Waals surface area contributed by atoms with Crippen LogP contribution >= 0.6 is 0 Å².